The van der Waals surface area contributed by atoms with Crippen LogP contribution in [0.15, 0.2) is 48.5 Å². The minimum absolute atomic E-state index is 0.0510. The highest BCUT2D eigenvalue weighted by Crippen LogP contribution is 2.52. The maximum absolute atomic E-state index is 15.9. The molecule has 0 spiro atoms. The maximum atomic E-state index is 15.9. The fourth-order valence-corrected chi connectivity index (χ4v) is 6.71. The highest BCUT2D eigenvalue weighted by Gasteiger charge is 2.38. The SMILES string of the molecule is COc1ccc(F)c(-c2c(F)cc(COc3ccc4c(c3)[C@@](C)(CC(=O)O)CC4)cc2[C@@H]2CCCC2(C)C)c1. The molecule has 6 heteroatoms. The maximum Gasteiger partial charge on any atom is 0.304 e. The van der Waals surface area contributed by atoms with Gasteiger partial charge in [-0.1, -0.05) is 39.3 Å². The minimum Gasteiger partial charge on any atom is -0.497 e. The van der Waals surface area contributed by atoms with Gasteiger partial charge in [-0.2, -0.15) is 0 Å². The summed E-state index contributed by atoms with van der Waals surface area (Å²) < 4.78 is 42.4. The van der Waals surface area contributed by atoms with E-state index < -0.39 is 23.0 Å². The Labute approximate surface area is 229 Å². The van der Waals surface area contributed by atoms with E-state index >= 15 is 8.78 Å². The summed E-state index contributed by atoms with van der Waals surface area (Å²) >= 11 is 0. The van der Waals surface area contributed by atoms with Gasteiger partial charge in [-0.25, -0.2) is 8.78 Å². The number of carbonyl (C=O) groups is 1. The molecule has 3 aromatic carbocycles. The van der Waals surface area contributed by atoms with Crippen LogP contribution in [-0.4, -0.2) is 18.2 Å². The summed E-state index contributed by atoms with van der Waals surface area (Å²) in [6.45, 7) is 6.51. The third-order valence-electron chi connectivity index (χ3n) is 8.88. The van der Waals surface area contributed by atoms with E-state index in [0.29, 0.717) is 17.1 Å². The Morgan fingerprint density at radius 2 is 1.77 bits per heavy atom. The van der Waals surface area contributed by atoms with Crippen LogP contribution in [0.4, 0.5) is 8.78 Å². The van der Waals surface area contributed by atoms with Crippen molar-refractivity contribution in [2.45, 2.75) is 77.2 Å². The molecule has 0 unspecified atom stereocenters. The molecule has 0 radical (unpaired) electrons. The number of rotatable bonds is 8. The number of halogens is 2. The third-order valence-corrected chi connectivity index (χ3v) is 8.88. The number of benzene rings is 3. The molecule has 206 valence electrons. The average molecular weight is 535 g/mol. The van der Waals surface area contributed by atoms with E-state index in [-0.39, 0.29) is 35.5 Å². The predicted molar refractivity (Wildman–Crippen MR) is 147 cm³/mol. The second-order valence-electron chi connectivity index (χ2n) is 12.1. The van der Waals surface area contributed by atoms with Gasteiger partial charge in [0, 0.05) is 16.5 Å². The Kier molecular flexibility index (Phi) is 7.17. The van der Waals surface area contributed by atoms with Crippen molar-refractivity contribution in [1.29, 1.82) is 0 Å². The summed E-state index contributed by atoms with van der Waals surface area (Å²) in [7, 11) is 1.51. The number of hydrogen-bond donors (Lipinski definition) is 1. The number of ether oxygens (including phenoxy) is 2. The van der Waals surface area contributed by atoms with Crippen molar-refractivity contribution in [1.82, 2.24) is 0 Å². The lowest BCUT2D eigenvalue weighted by Crippen LogP contribution is -2.22. The van der Waals surface area contributed by atoms with Crippen LogP contribution >= 0.6 is 0 Å². The zero-order valence-corrected chi connectivity index (χ0v) is 23.1. The molecule has 0 aromatic heterocycles. The summed E-state index contributed by atoms with van der Waals surface area (Å²) in [5.74, 6) is -0.617. The summed E-state index contributed by atoms with van der Waals surface area (Å²) in [6.07, 6.45) is 4.65. The standard InChI is InChI=1S/C33H36F2O4/c1-32(2)12-5-6-26(32)24-14-20(15-29(35)31(24)25-16-22(38-4)9-10-28(25)34)19-39-23-8-7-21-11-13-33(3,18-30(36)37)27(21)17-23/h7-10,14-17,26H,5-6,11-13,18-19H2,1-4H3,(H,36,37)/t26-,33+/m0/s1. The Balaban J connectivity index is 1.50. The van der Waals surface area contributed by atoms with Gasteiger partial charge in [-0.05, 0) is 95.7 Å². The first-order valence-electron chi connectivity index (χ1n) is 13.6. The number of fused-ring (bicyclic) bond motifs is 1. The topological polar surface area (TPSA) is 55.8 Å². The van der Waals surface area contributed by atoms with E-state index in [0.717, 1.165) is 48.8 Å². The van der Waals surface area contributed by atoms with Gasteiger partial charge >= 0.3 is 5.97 Å². The third kappa shape index (κ3) is 5.26. The molecule has 0 amide bonds. The zero-order chi connectivity index (χ0) is 27.9. The first-order chi connectivity index (χ1) is 18.5. The predicted octanol–water partition coefficient (Wildman–Crippen LogP) is 8.19. The molecule has 0 aliphatic heterocycles. The van der Waals surface area contributed by atoms with Crippen LogP contribution in [0.2, 0.25) is 0 Å². The largest absolute Gasteiger partial charge is 0.497 e. The van der Waals surface area contributed by atoms with Crippen LogP contribution in [0.25, 0.3) is 11.1 Å². The second kappa shape index (κ2) is 10.3. The number of carboxylic acid groups (broad SMARTS) is 1. The summed E-state index contributed by atoms with van der Waals surface area (Å²) in [5.41, 5.74) is 3.63. The number of aryl methyl sites for hydroxylation is 1. The fraction of sp³-hybridized carbons (Fsp3) is 0.424. The molecule has 1 N–H and O–H groups in total. The van der Waals surface area contributed by atoms with E-state index in [4.69, 9.17) is 9.47 Å². The van der Waals surface area contributed by atoms with Crippen LogP contribution in [-0.2, 0) is 23.2 Å². The van der Waals surface area contributed by atoms with Crippen molar-refractivity contribution in [2.24, 2.45) is 5.41 Å². The van der Waals surface area contributed by atoms with E-state index in [1.54, 1.807) is 6.07 Å². The average Bonchev–Trinajstić information content (AvgIpc) is 3.40. The Hall–Kier alpha value is -3.41. The summed E-state index contributed by atoms with van der Waals surface area (Å²) in [6, 6.07) is 13.6. The van der Waals surface area contributed by atoms with Crippen LogP contribution in [0.1, 0.15) is 81.0 Å². The van der Waals surface area contributed by atoms with E-state index in [1.165, 1.54) is 25.3 Å². The van der Waals surface area contributed by atoms with Gasteiger partial charge in [0.1, 0.15) is 29.7 Å². The summed E-state index contributed by atoms with van der Waals surface area (Å²) in [4.78, 5) is 11.5. The molecular formula is C33H36F2O4. The number of aliphatic carboxylic acids is 1. The van der Waals surface area contributed by atoms with Crippen LogP contribution in [0.3, 0.4) is 0 Å². The molecule has 5 rings (SSSR count). The van der Waals surface area contributed by atoms with Crippen molar-refractivity contribution < 1.29 is 28.2 Å². The van der Waals surface area contributed by atoms with Crippen LogP contribution in [0, 0.1) is 17.0 Å². The van der Waals surface area contributed by atoms with Gasteiger partial charge in [0.15, 0.2) is 0 Å². The number of hydrogen-bond acceptors (Lipinski definition) is 3. The molecule has 39 heavy (non-hydrogen) atoms. The summed E-state index contributed by atoms with van der Waals surface area (Å²) in [5, 5.41) is 9.42. The van der Waals surface area contributed by atoms with Crippen molar-refractivity contribution in [3.8, 4) is 22.6 Å². The Bertz CT molecular complexity index is 1410. The lowest BCUT2D eigenvalue weighted by molar-refractivity contribution is -0.138. The second-order valence-corrected chi connectivity index (χ2v) is 12.1. The molecule has 0 bridgehead atoms. The normalized spacial score (nSPS) is 21.5. The van der Waals surface area contributed by atoms with E-state index in [2.05, 4.69) is 13.8 Å². The molecule has 1 fully saturated rings. The quantitative estimate of drug-likeness (QED) is 0.317. The van der Waals surface area contributed by atoms with Crippen molar-refractivity contribution in [2.75, 3.05) is 7.11 Å². The molecule has 2 aliphatic rings. The number of methoxy groups -OCH3 is 1. The monoisotopic (exact) mass is 534 g/mol. The molecule has 0 heterocycles. The molecule has 0 saturated heterocycles. The molecule has 3 aromatic rings. The highest BCUT2D eigenvalue weighted by molar-refractivity contribution is 5.72. The van der Waals surface area contributed by atoms with Crippen LogP contribution in [0.5, 0.6) is 11.5 Å². The van der Waals surface area contributed by atoms with Gasteiger partial charge in [-0.3, -0.25) is 4.79 Å². The van der Waals surface area contributed by atoms with E-state index in [9.17, 15) is 9.90 Å². The first-order valence-corrected chi connectivity index (χ1v) is 13.6. The van der Waals surface area contributed by atoms with Crippen molar-refractivity contribution in [3.05, 3.63) is 82.4 Å². The Morgan fingerprint density at radius 1 is 1.00 bits per heavy atom. The van der Waals surface area contributed by atoms with Gasteiger partial charge in [-0.15, -0.1) is 0 Å². The Morgan fingerprint density at radius 3 is 2.46 bits per heavy atom. The lowest BCUT2D eigenvalue weighted by atomic mass is 9.75. The fourth-order valence-electron chi connectivity index (χ4n) is 6.71. The first kappa shape index (κ1) is 27.2. The van der Waals surface area contributed by atoms with Crippen molar-refractivity contribution >= 4 is 5.97 Å². The highest BCUT2D eigenvalue weighted by atomic mass is 19.1. The van der Waals surface area contributed by atoms with Gasteiger partial charge in [0.2, 0.25) is 0 Å². The van der Waals surface area contributed by atoms with Crippen molar-refractivity contribution in [3.63, 3.8) is 0 Å². The van der Waals surface area contributed by atoms with E-state index in [1.807, 2.05) is 31.2 Å². The lowest BCUT2D eigenvalue weighted by Gasteiger charge is -2.30. The van der Waals surface area contributed by atoms with Crippen LogP contribution < -0.4 is 9.47 Å². The molecule has 2 atom stereocenters. The molecule has 2 aliphatic carbocycles. The van der Waals surface area contributed by atoms with Gasteiger partial charge < -0.3 is 14.6 Å². The van der Waals surface area contributed by atoms with Gasteiger partial charge in [0.25, 0.3) is 0 Å². The number of carboxylic acids is 1. The minimum atomic E-state index is -0.818. The van der Waals surface area contributed by atoms with Gasteiger partial charge in [0.05, 0.1) is 13.5 Å². The molecule has 4 nitrogen and oxygen atoms in total. The zero-order valence-electron chi connectivity index (χ0n) is 23.1. The molecule has 1 saturated carbocycles. The smallest absolute Gasteiger partial charge is 0.304 e. The molecular weight excluding hydrogens is 498 g/mol.